The number of ether oxygens (including phenoxy) is 2. The van der Waals surface area contributed by atoms with Gasteiger partial charge in [-0.1, -0.05) is 13.8 Å². The van der Waals surface area contributed by atoms with E-state index in [1.165, 1.54) is 24.3 Å². The number of anilines is 1. The summed E-state index contributed by atoms with van der Waals surface area (Å²) in [6.45, 7) is 9.12. The number of β-lactam (4-membered cyclic amide) rings is 1. The molecule has 2 aromatic carbocycles. The number of primary amides is 1. The highest BCUT2D eigenvalue weighted by atomic mass is 16.6. The molecule has 35 heavy (non-hydrogen) atoms. The van der Waals surface area contributed by atoms with E-state index in [0.717, 1.165) is 4.90 Å². The number of nitrogens with one attached hydrogen (secondary N) is 1. The van der Waals surface area contributed by atoms with Crippen LogP contribution in [0.4, 0.5) is 10.5 Å². The van der Waals surface area contributed by atoms with Crippen molar-refractivity contribution in [2.45, 2.75) is 59.3 Å². The lowest BCUT2D eigenvalue weighted by molar-refractivity contribution is -0.190. The Morgan fingerprint density at radius 1 is 0.971 bits per heavy atom. The van der Waals surface area contributed by atoms with Crippen molar-refractivity contribution in [3.63, 3.8) is 0 Å². The van der Waals surface area contributed by atoms with E-state index < -0.39 is 35.2 Å². The second-order valence-electron chi connectivity index (χ2n) is 9.41. The van der Waals surface area contributed by atoms with Gasteiger partial charge in [-0.3, -0.25) is 9.59 Å². The Morgan fingerprint density at radius 2 is 1.51 bits per heavy atom. The van der Waals surface area contributed by atoms with E-state index in [4.69, 9.17) is 15.2 Å². The Morgan fingerprint density at radius 3 is 2.00 bits per heavy atom. The monoisotopic (exact) mass is 481 g/mol. The highest BCUT2D eigenvalue weighted by Crippen LogP contribution is 2.46. The van der Waals surface area contributed by atoms with Crippen LogP contribution in [-0.4, -0.2) is 40.5 Å². The van der Waals surface area contributed by atoms with Crippen LogP contribution in [-0.2, 0) is 9.53 Å². The van der Waals surface area contributed by atoms with Gasteiger partial charge in [-0.05, 0) is 82.1 Å². The lowest BCUT2D eigenvalue weighted by atomic mass is 9.72. The second-order valence-corrected chi connectivity index (χ2v) is 9.41. The molecule has 1 aliphatic rings. The molecule has 3 N–H and O–H groups in total. The summed E-state index contributed by atoms with van der Waals surface area (Å²) in [5, 5.41) is 2.66. The average molecular weight is 482 g/mol. The number of carbonyl (C=O) groups is 4. The maximum Gasteiger partial charge on any atom is 0.338 e. The molecule has 2 aromatic rings. The molecule has 0 aromatic heterocycles. The van der Waals surface area contributed by atoms with Crippen LogP contribution >= 0.6 is 0 Å². The third-order valence-corrected chi connectivity index (χ3v) is 5.99. The molecular weight excluding hydrogens is 450 g/mol. The Hall–Kier alpha value is -3.88. The summed E-state index contributed by atoms with van der Waals surface area (Å²) in [5.74, 6) is -0.959. The molecule has 1 unspecified atom stereocenters. The van der Waals surface area contributed by atoms with E-state index in [1.807, 2.05) is 13.8 Å². The number of benzene rings is 2. The quantitative estimate of drug-likeness (QED) is 0.448. The SMILES string of the molecule is CCC1(CC)C(=O)N(C(=O)Nc2ccc(C(N)=O)cc2)C1Oc1ccc(C(=O)OC(C)(C)C)cc1. The van der Waals surface area contributed by atoms with E-state index in [0.29, 0.717) is 35.4 Å². The van der Waals surface area contributed by atoms with Crippen molar-refractivity contribution in [1.29, 1.82) is 0 Å². The Kier molecular flexibility index (Phi) is 7.19. The van der Waals surface area contributed by atoms with Crippen molar-refractivity contribution in [1.82, 2.24) is 4.90 Å². The maximum atomic E-state index is 13.1. The molecule has 0 radical (unpaired) electrons. The number of nitrogens with two attached hydrogens (primary N) is 1. The van der Waals surface area contributed by atoms with Gasteiger partial charge in [0.05, 0.1) is 5.56 Å². The van der Waals surface area contributed by atoms with Gasteiger partial charge < -0.3 is 20.5 Å². The van der Waals surface area contributed by atoms with Gasteiger partial charge in [0.1, 0.15) is 16.8 Å². The minimum absolute atomic E-state index is 0.301. The van der Waals surface area contributed by atoms with Gasteiger partial charge in [0.25, 0.3) is 0 Å². The fourth-order valence-corrected chi connectivity index (χ4v) is 3.94. The molecule has 0 aliphatic carbocycles. The summed E-state index contributed by atoms with van der Waals surface area (Å²) in [7, 11) is 0. The van der Waals surface area contributed by atoms with Crippen molar-refractivity contribution in [2.24, 2.45) is 11.1 Å². The van der Waals surface area contributed by atoms with Gasteiger partial charge in [-0.15, -0.1) is 0 Å². The van der Waals surface area contributed by atoms with Crippen LogP contribution in [0.3, 0.4) is 0 Å². The zero-order chi connectivity index (χ0) is 26.0. The number of esters is 1. The van der Waals surface area contributed by atoms with Gasteiger partial charge in [0.2, 0.25) is 11.8 Å². The Balaban J connectivity index is 1.78. The van der Waals surface area contributed by atoms with Crippen molar-refractivity contribution < 1.29 is 28.7 Å². The molecule has 1 aliphatic heterocycles. The summed E-state index contributed by atoms with van der Waals surface area (Å²) < 4.78 is 11.5. The summed E-state index contributed by atoms with van der Waals surface area (Å²) in [6.07, 6.45) is 0.141. The molecule has 0 bridgehead atoms. The summed E-state index contributed by atoms with van der Waals surface area (Å²) >= 11 is 0. The number of likely N-dealkylation sites (tertiary alicyclic amines) is 1. The number of amides is 4. The molecular formula is C26H31N3O6. The summed E-state index contributed by atoms with van der Waals surface area (Å²) in [4.78, 5) is 50.6. The lowest BCUT2D eigenvalue weighted by Crippen LogP contribution is -2.73. The Labute approximate surface area is 204 Å². The average Bonchev–Trinajstić information content (AvgIpc) is 2.79. The highest BCUT2D eigenvalue weighted by molar-refractivity contribution is 6.08. The molecule has 3 rings (SSSR count). The smallest absolute Gasteiger partial charge is 0.338 e. The minimum Gasteiger partial charge on any atom is -0.469 e. The van der Waals surface area contributed by atoms with Crippen LogP contribution < -0.4 is 15.8 Å². The van der Waals surface area contributed by atoms with Crippen molar-refractivity contribution in [3.05, 3.63) is 59.7 Å². The highest BCUT2D eigenvalue weighted by Gasteiger charge is 2.63. The fourth-order valence-electron chi connectivity index (χ4n) is 3.94. The molecule has 0 spiro atoms. The Bertz CT molecular complexity index is 1120. The third kappa shape index (κ3) is 5.29. The molecule has 1 atom stereocenters. The lowest BCUT2D eigenvalue weighted by Gasteiger charge is -2.53. The molecule has 9 nitrogen and oxygen atoms in total. The molecule has 186 valence electrons. The molecule has 1 heterocycles. The van der Waals surface area contributed by atoms with Gasteiger partial charge in [0, 0.05) is 11.3 Å². The number of rotatable bonds is 7. The number of urea groups is 1. The largest absolute Gasteiger partial charge is 0.469 e. The molecule has 0 saturated carbocycles. The van der Waals surface area contributed by atoms with Crippen molar-refractivity contribution >= 4 is 29.5 Å². The van der Waals surface area contributed by atoms with Crippen LogP contribution in [0.2, 0.25) is 0 Å². The molecule has 1 fully saturated rings. The first-order valence-corrected chi connectivity index (χ1v) is 11.5. The van der Waals surface area contributed by atoms with E-state index >= 15 is 0 Å². The first-order valence-electron chi connectivity index (χ1n) is 11.5. The number of nitrogens with zero attached hydrogens (tertiary/aromatic N) is 1. The van der Waals surface area contributed by atoms with E-state index in [-0.39, 0.29) is 5.91 Å². The molecule has 4 amide bonds. The minimum atomic E-state index is -0.850. The zero-order valence-corrected chi connectivity index (χ0v) is 20.6. The standard InChI is InChI=1S/C26H31N3O6/c1-6-26(7-2)22(32)29(24(33)28-18-12-8-16(9-13-18)20(27)30)23(26)34-19-14-10-17(11-15-19)21(31)35-25(3,4)5/h8-15,23H,6-7H2,1-5H3,(H2,27,30)(H,28,33). The van der Waals surface area contributed by atoms with Crippen molar-refractivity contribution in [3.8, 4) is 5.75 Å². The van der Waals surface area contributed by atoms with Crippen LogP contribution in [0.1, 0.15) is 68.2 Å². The van der Waals surface area contributed by atoms with Gasteiger partial charge in [-0.2, -0.15) is 0 Å². The van der Waals surface area contributed by atoms with Gasteiger partial charge in [-0.25, -0.2) is 14.5 Å². The fraction of sp³-hybridized carbons (Fsp3) is 0.385. The second kappa shape index (κ2) is 9.77. The number of imide groups is 1. The zero-order valence-electron chi connectivity index (χ0n) is 20.6. The summed E-state index contributed by atoms with van der Waals surface area (Å²) in [5.41, 5.74) is 4.85. The number of hydrogen-bond donors (Lipinski definition) is 2. The first-order chi connectivity index (χ1) is 16.4. The van der Waals surface area contributed by atoms with E-state index in [2.05, 4.69) is 5.32 Å². The number of carbonyl (C=O) groups excluding carboxylic acids is 4. The predicted octanol–water partition coefficient (Wildman–Crippen LogP) is 4.33. The van der Waals surface area contributed by atoms with Crippen LogP contribution in [0.5, 0.6) is 5.75 Å². The predicted molar refractivity (Wildman–Crippen MR) is 130 cm³/mol. The van der Waals surface area contributed by atoms with E-state index in [9.17, 15) is 19.2 Å². The van der Waals surface area contributed by atoms with Crippen LogP contribution in [0.15, 0.2) is 48.5 Å². The van der Waals surface area contributed by atoms with Gasteiger partial charge >= 0.3 is 12.0 Å². The first kappa shape index (κ1) is 25.7. The van der Waals surface area contributed by atoms with Crippen LogP contribution in [0, 0.1) is 5.41 Å². The normalized spacial score (nSPS) is 16.8. The van der Waals surface area contributed by atoms with Crippen LogP contribution in [0.25, 0.3) is 0 Å². The van der Waals surface area contributed by atoms with Crippen molar-refractivity contribution in [2.75, 3.05) is 5.32 Å². The summed E-state index contributed by atoms with van der Waals surface area (Å²) in [6, 6.07) is 11.8. The topological polar surface area (TPSA) is 128 Å². The number of hydrogen-bond acceptors (Lipinski definition) is 6. The molecule has 9 heteroatoms. The third-order valence-electron chi connectivity index (χ3n) is 5.99. The van der Waals surface area contributed by atoms with Gasteiger partial charge in [0.15, 0.2) is 6.23 Å². The van der Waals surface area contributed by atoms with E-state index in [1.54, 1.807) is 45.0 Å². The molecule has 1 saturated heterocycles. The maximum absolute atomic E-state index is 13.1.